The first-order valence-corrected chi connectivity index (χ1v) is 5.45. The molecule has 1 heterocycles. The first-order valence-electron chi connectivity index (χ1n) is 5.45. The molecule has 82 valence electrons. The predicted octanol–water partition coefficient (Wildman–Crippen LogP) is 2.70. The van der Waals surface area contributed by atoms with Crippen molar-refractivity contribution in [2.24, 2.45) is 0 Å². The van der Waals surface area contributed by atoms with Gasteiger partial charge in [0.05, 0.1) is 6.04 Å². The summed E-state index contributed by atoms with van der Waals surface area (Å²) in [6.07, 6.45) is 3.70. The number of pyridine rings is 1. The highest BCUT2D eigenvalue weighted by Crippen LogP contribution is 2.21. The van der Waals surface area contributed by atoms with Gasteiger partial charge in [-0.15, -0.1) is 0 Å². The zero-order valence-electron chi connectivity index (χ0n) is 9.64. The molecule has 0 aliphatic carbocycles. The summed E-state index contributed by atoms with van der Waals surface area (Å²) in [6.45, 7) is 2.11. The standard InChI is InChI=1S/C14H16N2/c1-11-5-3-6-12(9-11)14(15-2)13-7-4-8-16-10-13/h3-10,14-15H,1-2H3. The summed E-state index contributed by atoms with van der Waals surface area (Å²) in [6, 6.07) is 12.8. The molecule has 1 aromatic carbocycles. The number of hydrogen-bond acceptors (Lipinski definition) is 2. The SMILES string of the molecule is CNC(c1cccnc1)c1cccc(C)c1. The molecule has 2 aromatic rings. The van der Waals surface area contributed by atoms with Gasteiger partial charge in [-0.3, -0.25) is 4.98 Å². The van der Waals surface area contributed by atoms with Gasteiger partial charge < -0.3 is 5.32 Å². The highest BCUT2D eigenvalue weighted by molar-refractivity contribution is 5.32. The van der Waals surface area contributed by atoms with Crippen LogP contribution in [0.1, 0.15) is 22.7 Å². The van der Waals surface area contributed by atoms with Crippen LogP contribution < -0.4 is 5.32 Å². The molecule has 0 bridgehead atoms. The summed E-state index contributed by atoms with van der Waals surface area (Å²) in [4.78, 5) is 4.16. The lowest BCUT2D eigenvalue weighted by Gasteiger charge is -2.17. The van der Waals surface area contributed by atoms with Gasteiger partial charge in [-0.25, -0.2) is 0 Å². The third-order valence-electron chi connectivity index (χ3n) is 2.68. The third kappa shape index (κ3) is 2.28. The Morgan fingerprint density at radius 3 is 2.56 bits per heavy atom. The Balaban J connectivity index is 2.37. The van der Waals surface area contributed by atoms with Gasteiger partial charge in [0.25, 0.3) is 0 Å². The molecule has 0 aliphatic heterocycles. The average molecular weight is 212 g/mol. The molecule has 16 heavy (non-hydrogen) atoms. The van der Waals surface area contributed by atoms with Crippen molar-refractivity contribution >= 4 is 0 Å². The number of aryl methyl sites for hydroxylation is 1. The van der Waals surface area contributed by atoms with E-state index in [1.54, 1.807) is 6.20 Å². The summed E-state index contributed by atoms with van der Waals surface area (Å²) in [5.74, 6) is 0. The van der Waals surface area contributed by atoms with Crippen LogP contribution in [0.25, 0.3) is 0 Å². The number of nitrogens with one attached hydrogen (secondary N) is 1. The van der Waals surface area contributed by atoms with Crippen LogP contribution in [-0.4, -0.2) is 12.0 Å². The number of nitrogens with zero attached hydrogens (tertiary/aromatic N) is 1. The number of hydrogen-bond donors (Lipinski definition) is 1. The van der Waals surface area contributed by atoms with E-state index in [1.807, 2.05) is 19.3 Å². The van der Waals surface area contributed by atoms with Gasteiger partial charge in [0.1, 0.15) is 0 Å². The second-order valence-corrected chi connectivity index (χ2v) is 3.92. The molecule has 2 rings (SSSR count). The van der Waals surface area contributed by atoms with Crippen molar-refractivity contribution in [1.82, 2.24) is 10.3 Å². The Labute approximate surface area is 96.4 Å². The zero-order chi connectivity index (χ0) is 11.4. The van der Waals surface area contributed by atoms with Gasteiger partial charge in [-0.1, -0.05) is 35.9 Å². The van der Waals surface area contributed by atoms with Gasteiger partial charge in [-0.05, 0) is 31.2 Å². The Morgan fingerprint density at radius 1 is 1.12 bits per heavy atom. The minimum absolute atomic E-state index is 0.216. The predicted molar refractivity (Wildman–Crippen MR) is 66.3 cm³/mol. The van der Waals surface area contributed by atoms with Gasteiger partial charge in [0, 0.05) is 12.4 Å². The monoisotopic (exact) mass is 212 g/mol. The molecule has 1 unspecified atom stereocenters. The maximum absolute atomic E-state index is 4.16. The first kappa shape index (κ1) is 10.8. The van der Waals surface area contributed by atoms with Crippen molar-refractivity contribution in [1.29, 1.82) is 0 Å². The maximum atomic E-state index is 4.16. The second-order valence-electron chi connectivity index (χ2n) is 3.92. The normalized spacial score (nSPS) is 12.4. The van der Waals surface area contributed by atoms with Crippen LogP contribution in [0.4, 0.5) is 0 Å². The zero-order valence-corrected chi connectivity index (χ0v) is 9.64. The number of aromatic nitrogens is 1. The van der Waals surface area contributed by atoms with Crippen molar-refractivity contribution < 1.29 is 0 Å². The van der Waals surface area contributed by atoms with Crippen LogP contribution >= 0.6 is 0 Å². The summed E-state index contributed by atoms with van der Waals surface area (Å²) >= 11 is 0. The topological polar surface area (TPSA) is 24.9 Å². The van der Waals surface area contributed by atoms with E-state index < -0.39 is 0 Å². The lowest BCUT2D eigenvalue weighted by Crippen LogP contribution is -2.17. The van der Waals surface area contributed by atoms with E-state index in [4.69, 9.17) is 0 Å². The molecular weight excluding hydrogens is 196 g/mol. The molecule has 0 saturated carbocycles. The van der Waals surface area contributed by atoms with Crippen LogP contribution in [0.3, 0.4) is 0 Å². The molecule has 2 heteroatoms. The molecule has 2 nitrogen and oxygen atoms in total. The van der Waals surface area contributed by atoms with E-state index in [-0.39, 0.29) is 6.04 Å². The Hall–Kier alpha value is -1.67. The first-order chi connectivity index (χ1) is 7.81. The fourth-order valence-electron chi connectivity index (χ4n) is 1.92. The van der Waals surface area contributed by atoms with Crippen molar-refractivity contribution in [2.75, 3.05) is 7.05 Å². The molecule has 1 aromatic heterocycles. The molecule has 0 fully saturated rings. The molecule has 1 atom stereocenters. The smallest absolute Gasteiger partial charge is 0.0589 e. The minimum atomic E-state index is 0.216. The highest BCUT2D eigenvalue weighted by Gasteiger charge is 2.11. The summed E-state index contributed by atoms with van der Waals surface area (Å²) in [5, 5.41) is 3.32. The van der Waals surface area contributed by atoms with Crippen molar-refractivity contribution in [2.45, 2.75) is 13.0 Å². The van der Waals surface area contributed by atoms with Crippen molar-refractivity contribution in [3.8, 4) is 0 Å². The third-order valence-corrected chi connectivity index (χ3v) is 2.68. The van der Waals surface area contributed by atoms with Gasteiger partial charge in [0.2, 0.25) is 0 Å². The minimum Gasteiger partial charge on any atom is -0.309 e. The molecular formula is C14H16N2. The number of benzene rings is 1. The Bertz CT molecular complexity index is 451. The van der Waals surface area contributed by atoms with Crippen LogP contribution in [0.2, 0.25) is 0 Å². The molecule has 0 amide bonds. The van der Waals surface area contributed by atoms with Gasteiger partial charge in [0.15, 0.2) is 0 Å². The van der Waals surface area contributed by atoms with E-state index in [9.17, 15) is 0 Å². The molecule has 0 radical (unpaired) electrons. The van der Waals surface area contributed by atoms with E-state index in [2.05, 4.69) is 47.6 Å². The Morgan fingerprint density at radius 2 is 1.94 bits per heavy atom. The van der Waals surface area contributed by atoms with Crippen molar-refractivity contribution in [3.63, 3.8) is 0 Å². The van der Waals surface area contributed by atoms with Gasteiger partial charge >= 0.3 is 0 Å². The molecule has 0 aliphatic rings. The van der Waals surface area contributed by atoms with E-state index in [1.165, 1.54) is 16.7 Å². The average Bonchev–Trinajstić information content (AvgIpc) is 2.31. The van der Waals surface area contributed by atoms with Crippen LogP contribution in [0, 0.1) is 6.92 Å². The molecule has 0 saturated heterocycles. The Kier molecular flexibility index (Phi) is 3.32. The highest BCUT2D eigenvalue weighted by atomic mass is 14.9. The van der Waals surface area contributed by atoms with Crippen LogP contribution in [-0.2, 0) is 0 Å². The fourth-order valence-corrected chi connectivity index (χ4v) is 1.92. The summed E-state index contributed by atoms with van der Waals surface area (Å²) in [5.41, 5.74) is 3.74. The summed E-state index contributed by atoms with van der Waals surface area (Å²) in [7, 11) is 1.97. The van der Waals surface area contributed by atoms with Crippen LogP contribution in [0.5, 0.6) is 0 Å². The lowest BCUT2D eigenvalue weighted by molar-refractivity contribution is 0.688. The number of rotatable bonds is 3. The van der Waals surface area contributed by atoms with Gasteiger partial charge in [-0.2, -0.15) is 0 Å². The largest absolute Gasteiger partial charge is 0.309 e. The van der Waals surface area contributed by atoms with E-state index in [0.29, 0.717) is 0 Å². The quantitative estimate of drug-likeness (QED) is 0.846. The second kappa shape index (κ2) is 4.90. The van der Waals surface area contributed by atoms with E-state index >= 15 is 0 Å². The van der Waals surface area contributed by atoms with E-state index in [0.717, 1.165) is 0 Å². The summed E-state index contributed by atoms with van der Waals surface area (Å²) < 4.78 is 0. The maximum Gasteiger partial charge on any atom is 0.0589 e. The van der Waals surface area contributed by atoms with Crippen molar-refractivity contribution in [3.05, 3.63) is 65.5 Å². The van der Waals surface area contributed by atoms with Crippen LogP contribution in [0.15, 0.2) is 48.8 Å². The lowest BCUT2D eigenvalue weighted by atomic mass is 9.99. The fraction of sp³-hybridized carbons (Fsp3) is 0.214. The molecule has 0 spiro atoms. The molecule has 1 N–H and O–H groups in total.